The van der Waals surface area contributed by atoms with Gasteiger partial charge < -0.3 is 14.6 Å². The Morgan fingerprint density at radius 2 is 1.80 bits per heavy atom. The lowest BCUT2D eigenvalue weighted by Gasteiger charge is -2.35. The minimum absolute atomic E-state index is 0.0809. The first-order valence-electron chi connectivity index (χ1n) is 8.01. The van der Waals surface area contributed by atoms with Crippen molar-refractivity contribution >= 4 is 28.8 Å². The molecule has 1 aromatic carbocycles. The molecule has 0 amide bonds. The molecular formula is C18H21ClO6. The van der Waals surface area contributed by atoms with Gasteiger partial charge in [-0.15, -0.1) is 0 Å². The monoisotopic (exact) mass is 368 g/mol. The number of carbonyl (C=O) groups is 3. The Morgan fingerprint density at radius 1 is 1.16 bits per heavy atom. The van der Waals surface area contributed by atoms with Crippen LogP contribution < -0.4 is 9.47 Å². The average Bonchev–Trinajstić information content (AvgIpc) is 2.54. The summed E-state index contributed by atoms with van der Waals surface area (Å²) in [4.78, 5) is 34.2. The maximum absolute atomic E-state index is 12.0. The highest BCUT2D eigenvalue weighted by Crippen LogP contribution is 2.43. The zero-order valence-corrected chi connectivity index (χ0v) is 15.5. The van der Waals surface area contributed by atoms with Crippen molar-refractivity contribution < 1.29 is 29.0 Å². The van der Waals surface area contributed by atoms with Crippen LogP contribution >= 0.6 is 11.6 Å². The van der Waals surface area contributed by atoms with E-state index in [2.05, 4.69) is 0 Å². The third-order valence-corrected chi connectivity index (χ3v) is 4.87. The summed E-state index contributed by atoms with van der Waals surface area (Å²) < 4.78 is 11.3. The van der Waals surface area contributed by atoms with Crippen molar-refractivity contribution in [3.8, 4) is 11.5 Å². The van der Waals surface area contributed by atoms with Gasteiger partial charge in [-0.25, -0.2) is 4.79 Å². The number of benzene rings is 1. The molecule has 1 unspecified atom stereocenters. The largest absolute Gasteiger partial charge is 0.478 e. The molecule has 0 bridgehead atoms. The highest BCUT2D eigenvalue weighted by atomic mass is 35.5. The summed E-state index contributed by atoms with van der Waals surface area (Å²) in [5.74, 6) is -0.562. The molecule has 0 aromatic heterocycles. The van der Waals surface area contributed by atoms with Gasteiger partial charge in [0.25, 0.3) is 0 Å². The second kappa shape index (κ2) is 7.04. The summed E-state index contributed by atoms with van der Waals surface area (Å²) >= 11 is 5.25. The normalized spacial score (nSPS) is 18.9. The van der Waals surface area contributed by atoms with Crippen molar-refractivity contribution in [3.05, 3.63) is 22.3 Å². The van der Waals surface area contributed by atoms with Gasteiger partial charge >= 0.3 is 11.9 Å². The number of rotatable bonds is 5. The highest BCUT2D eigenvalue weighted by molar-refractivity contribution is 6.63. The summed E-state index contributed by atoms with van der Waals surface area (Å²) in [6, 6.07) is 0. The molecule has 1 atom stereocenters. The smallest absolute Gasteiger partial charge is 0.347 e. The van der Waals surface area contributed by atoms with Crippen molar-refractivity contribution in [2.75, 3.05) is 0 Å². The molecule has 0 aliphatic carbocycles. The van der Waals surface area contributed by atoms with Gasteiger partial charge in [0.2, 0.25) is 10.8 Å². The van der Waals surface area contributed by atoms with Crippen LogP contribution in [-0.4, -0.2) is 27.9 Å². The minimum Gasteiger partial charge on any atom is -0.478 e. The highest BCUT2D eigenvalue weighted by Gasteiger charge is 2.41. The van der Waals surface area contributed by atoms with Gasteiger partial charge in [-0.3, -0.25) is 9.59 Å². The number of hydrogen-bond acceptors (Lipinski definition) is 5. The third-order valence-electron chi connectivity index (χ3n) is 4.68. The van der Waals surface area contributed by atoms with Crippen molar-refractivity contribution in [1.82, 2.24) is 0 Å². The van der Waals surface area contributed by atoms with Crippen LogP contribution in [0.3, 0.4) is 0 Å². The standard InChI is InChI=1S/C18H21ClO6/c1-9-10(2)16-12(7-8-18(4,25-16)17(22)23)11(3)15(9)24-14(21)6-5-13(19)20/h5-8H2,1-4H3,(H,22,23). The molecule has 0 saturated heterocycles. The quantitative estimate of drug-likeness (QED) is 0.487. The zero-order chi connectivity index (χ0) is 18.9. The van der Waals surface area contributed by atoms with Crippen LogP contribution in [-0.2, 0) is 20.8 Å². The molecule has 7 heteroatoms. The molecule has 0 saturated carbocycles. The van der Waals surface area contributed by atoms with Crippen molar-refractivity contribution in [2.24, 2.45) is 0 Å². The molecule has 1 aliphatic heterocycles. The maximum atomic E-state index is 12.0. The lowest BCUT2D eigenvalue weighted by molar-refractivity contribution is -0.155. The first kappa shape index (κ1) is 19.2. The lowest BCUT2D eigenvalue weighted by atomic mass is 9.87. The number of carboxylic acid groups (broad SMARTS) is 1. The van der Waals surface area contributed by atoms with Crippen LogP contribution in [0.2, 0.25) is 0 Å². The van der Waals surface area contributed by atoms with Gasteiger partial charge in [0.05, 0.1) is 6.42 Å². The van der Waals surface area contributed by atoms with Crippen LogP contribution in [0, 0.1) is 20.8 Å². The number of carboxylic acids is 1. The van der Waals surface area contributed by atoms with Crippen LogP contribution in [0.5, 0.6) is 11.5 Å². The van der Waals surface area contributed by atoms with Gasteiger partial charge in [-0.2, -0.15) is 0 Å². The number of ether oxygens (including phenoxy) is 2. The molecule has 2 rings (SSSR count). The summed E-state index contributed by atoms with van der Waals surface area (Å²) in [5, 5.41) is 8.81. The van der Waals surface area contributed by atoms with Crippen molar-refractivity contribution in [2.45, 2.75) is 59.0 Å². The molecule has 136 valence electrons. The molecule has 1 aromatic rings. The van der Waals surface area contributed by atoms with Gasteiger partial charge in [0, 0.05) is 18.4 Å². The minimum atomic E-state index is -1.27. The number of carbonyl (C=O) groups excluding carboxylic acids is 2. The Labute approximate surface area is 151 Å². The van der Waals surface area contributed by atoms with E-state index < -0.39 is 22.8 Å². The van der Waals surface area contributed by atoms with E-state index in [-0.39, 0.29) is 12.8 Å². The lowest BCUT2D eigenvalue weighted by Crippen LogP contribution is -2.44. The fourth-order valence-corrected chi connectivity index (χ4v) is 3.00. The van der Waals surface area contributed by atoms with Gasteiger partial charge in [0.15, 0.2) is 0 Å². The molecule has 1 N–H and O–H groups in total. The van der Waals surface area contributed by atoms with Crippen LogP contribution in [0.25, 0.3) is 0 Å². The Morgan fingerprint density at radius 3 is 2.36 bits per heavy atom. The van der Waals surface area contributed by atoms with E-state index in [0.29, 0.717) is 29.9 Å². The molecule has 6 nitrogen and oxygen atoms in total. The summed E-state index contributed by atoms with van der Waals surface area (Å²) in [6.45, 7) is 6.96. The summed E-state index contributed by atoms with van der Waals surface area (Å²) in [7, 11) is 0. The van der Waals surface area contributed by atoms with Gasteiger partial charge in [-0.1, -0.05) is 0 Å². The fourth-order valence-electron chi connectivity index (χ4n) is 2.90. The van der Waals surface area contributed by atoms with E-state index in [1.807, 2.05) is 6.92 Å². The predicted octanol–water partition coefficient (Wildman–Crippen LogP) is 3.23. The average molecular weight is 369 g/mol. The maximum Gasteiger partial charge on any atom is 0.347 e. The Hall–Kier alpha value is -2.08. The van der Waals surface area contributed by atoms with Crippen LogP contribution in [0.4, 0.5) is 0 Å². The van der Waals surface area contributed by atoms with E-state index in [1.165, 1.54) is 0 Å². The SMILES string of the molecule is Cc1c(C)c2c(c(C)c1OC(=O)CCC(=O)Cl)CCC(C)(C(=O)O)O2. The van der Waals surface area contributed by atoms with E-state index in [9.17, 15) is 19.5 Å². The molecule has 0 fully saturated rings. The topological polar surface area (TPSA) is 89.9 Å². The molecular weight excluding hydrogens is 348 g/mol. The second-order valence-corrected chi connectivity index (χ2v) is 6.90. The third kappa shape index (κ3) is 3.79. The Bertz CT molecular complexity index is 755. The van der Waals surface area contributed by atoms with E-state index in [4.69, 9.17) is 21.1 Å². The first-order valence-corrected chi connectivity index (χ1v) is 8.38. The molecule has 1 aliphatic rings. The van der Waals surface area contributed by atoms with Gasteiger partial charge in [-0.05, 0) is 62.4 Å². The van der Waals surface area contributed by atoms with Crippen molar-refractivity contribution in [1.29, 1.82) is 0 Å². The van der Waals surface area contributed by atoms with Gasteiger partial charge in [0.1, 0.15) is 11.5 Å². The molecule has 0 spiro atoms. The number of halogens is 1. The van der Waals surface area contributed by atoms with E-state index >= 15 is 0 Å². The van der Waals surface area contributed by atoms with Crippen molar-refractivity contribution in [3.63, 3.8) is 0 Å². The Balaban J connectivity index is 2.38. The number of fused-ring (bicyclic) bond motifs is 1. The second-order valence-electron chi connectivity index (χ2n) is 6.48. The van der Waals surface area contributed by atoms with E-state index in [0.717, 1.165) is 16.7 Å². The molecule has 1 heterocycles. The number of hydrogen-bond donors (Lipinski definition) is 1. The zero-order valence-electron chi connectivity index (χ0n) is 14.7. The van der Waals surface area contributed by atoms with E-state index in [1.54, 1.807) is 20.8 Å². The molecule has 25 heavy (non-hydrogen) atoms. The molecule has 0 radical (unpaired) electrons. The Kier molecular flexibility index (Phi) is 5.42. The number of esters is 1. The first-order chi connectivity index (χ1) is 11.6. The summed E-state index contributed by atoms with van der Waals surface area (Å²) in [6.07, 6.45) is 0.663. The number of aliphatic carboxylic acids is 1. The predicted molar refractivity (Wildman–Crippen MR) is 91.4 cm³/mol. The van der Waals surface area contributed by atoms with Crippen LogP contribution in [0.15, 0.2) is 0 Å². The fraction of sp³-hybridized carbons (Fsp3) is 0.500. The summed E-state index contributed by atoms with van der Waals surface area (Å²) in [5.41, 5.74) is 1.77. The van der Waals surface area contributed by atoms with Crippen LogP contribution in [0.1, 0.15) is 48.4 Å².